The molecular formula is C27H28N4O4. The van der Waals surface area contributed by atoms with Crippen molar-refractivity contribution in [3.8, 4) is 0 Å². The third kappa shape index (κ3) is 5.91. The monoisotopic (exact) mass is 472 g/mol. The minimum Gasteiger partial charge on any atom is -0.446 e. The Labute approximate surface area is 203 Å². The van der Waals surface area contributed by atoms with Gasteiger partial charge in [-0.05, 0) is 51.3 Å². The van der Waals surface area contributed by atoms with Gasteiger partial charge >= 0.3 is 6.09 Å². The van der Waals surface area contributed by atoms with Crippen LogP contribution in [0.5, 0.6) is 0 Å². The van der Waals surface area contributed by atoms with Crippen LogP contribution in [0.2, 0.25) is 0 Å². The number of imide groups is 1. The molecule has 35 heavy (non-hydrogen) atoms. The second-order valence-corrected chi connectivity index (χ2v) is 9.21. The zero-order chi connectivity index (χ0) is 25.0. The Bertz CT molecular complexity index is 1330. The quantitative estimate of drug-likeness (QED) is 0.398. The number of hydrogen-bond donors (Lipinski definition) is 1. The van der Waals surface area contributed by atoms with Crippen molar-refractivity contribution in [2.24, 2.45) is 5.73 Å². The second kappa shape index (κ2) is 10.1. The Morgan fingerprint density at radius 1 is 1.09 bits per heavy atom. The molecule has 0 aliphatic carbocycles. The molecule has 0 radical (unpaired) electrons. The molecule has 2 aromatic heterocycles. The van der Waals surface area contributed by atoms with Gasteiger partial charge in [-0.15, -0.1) is 0 Å². The lowest BCUT2D eigenvalue weighted by Crippen LogP contribution is -2.41. The molecule has 0 aliphatic rings. The number of rotatable bonds is 6. The number of carbonyl (C=O) groups excluding carboxylic acids is 2. The van der Waals surface area contributed by atoms with Gasteiger partial charge in [0.05, 0.1) is 23.4 Å². The van der Waals surface area contributed by atoms with E-state index in [0.717, 1.165) is 27.8 Å². The molecule has 2 heterocycles. The fraction of sp³-hybridized carbons (Fsp3) is 0.259. The number of pyridine rings is 1. The van der Waals surface area contributed by atoms with E-state index >= 15 is 0 Å². The number of carbonyl (C=O) groups is 2. The molecule has 1 atom stereocenters. The number of para-hydroxylation sites is 1. The molecule has 0 bridgehead atoms. The molecule has 2 aromatic carbocycles. The van der Waals surface area contributed by atoms with Gasteiger partial charge in [0.2, 0.25) is 5.89 Å². The summed E-state index contributed by atoms with van der Waals surface area (Å²) in [6.07, 6.45) is 3.16. The summed E-state index contributed by atoms with van der Waals surface area (Å²) in [6, 6.07) is 18.6. The molecule has 4 rings (SSSR count). The van der Waals surface area contributed by atoms with Gasteiger partial charge in [0.1, 0.15) is 11.9 Å². The Balaban J connectivity index is 1.59. The van der Waals surface area contributed by atoms with E-state index < -0.39 is 23.6 Å². The van der Waals surface area contributed by atoms with Crippen LogP contribution in [0.25, 0.3) is 10.9 Å². The van der Waals surface area contributed by atoms with Crippen LogP contribution in [-0.4, -0.2) is 27.6 Å². The van der Waals surface area contributed by atoms with Crippen molar-refractivity contribution in [3.63, 3.8) is 0 Å². The summed E-state index contributed by atoms with van der Waals surface area (Å²) >= 11 is 0. The highest BCUT2D eigenvalue weighted by Crippen LogP contribution is 2.25. The molecule has 0 fully saturated rings. The van der Waals surface area contributed by atoms with Gasteiger partial charge < -0.3 is 14.9 Å². The Morgan fingerprint density at radius 2 is 1.80 bits per heavy atom. The standard InChI is InChI=1S/C27H28N4O4/c1-27(2,3)35-26(33)31(20-15-19-11-7-8-12-22(19)29-16-20)25(32)23-17-34-24(30-23)21(28)14-13-18-9-5-4-6-10-18/h4-12,15-17,21H,13-14,28H2,1-3H3/t21-/m1/s1. The molecule has 0 saturated heterocycles. The average molecular weight is 473 g/mol. The summed E-state index contributed by atoms with van der Waals surface area (Å²) < 4.78 is 11.0. The minimum absolute atomic E-state index is 0.0471. The van der Waals surface area contributed by atoms with E-state index in [9.17, 15) is 9.59 Å². The second-order valence-electron chi connectivity index (χ2n) is 9.21. The molecule has 0 spiro atoms. The normalized spacial score (nSPS) is 12.3. The van der Waals surface area contributed by atoms with Crippen LogP contribution in [0.4, 0.5) is 10.5 Å². The van der Waals surface area contributed by atoms with Crippen LogP contribution in [0.15, 0.2) is 77.5 Å². The molecule has 4 aromatic rings. The first-order chi connectivity index (χ1) is 16.7. The number of aryl methyl sites for hydroxylation is 1. The molecule has 8 heteroatoms. The van der Waals surface area contributed by atoms with Gasteiger partial charge in [-0.1, -0.05) is 48.5 Å². The highest BCUT2D eigenvalue weighted by atomic mass is 16.6. The lowest BCUT2D eigenvalue weighted by molar-refractivity contribution is 0.0563. The van der Waals surface area contributed by atoms with E-state index in [-0.39, 0.29) is 17.3 Å². The number of hydrogen-bond acceptors (Lipinski definition) is 7. The summed E-state index contributed by atoms with van der Waals surface area (Å²) in [5, 5.41) is 0.773. The predicted octanol–water partition coefficient (Wildman–Crippen LogP) is 5.44. The molecule has 8 nitrogen and oxygen atoms in total. The van der Waals surface area contributed by atoms with E-state index in [1.807, 2.05) is 54.6 Å². The molecular weight excluding hydrogens is 444 g/mol. The number of ether oxygens (including phenoxy) is 1. The van der Waals surface area contributed by atoms with Gasteiger partial charge in [0.15, 0.2) is 5.69 Å². The number of nitrogens with two attached hydrogens (primary N) is 1. The van der Waals surface area contributed by atoms with Crippen molar-refractivity contribution in [1.29, 1.82) is 0 Å². The van der Waals surface area contributed by atoms with E-state index in [1.165, 1.54) is 12.5 Å². The zero-order valence-electron chi connectivity index (χ0n) is 20.0. The average Bonchev–Trinajstić information content (AvgIpc) is 3.33. The molecule has 0 aliphatic heterocycles. The number of anilines is 1. The molecule has 0 saturated carbocycles. The summed E-state index contributed by atoms with van der Waals surface area (Å²) in [5.41, 5.74) is 7.55. The maximum absolute atomic E-state index is 13.5. The highest BCUT2D eigenvalue weighted by molar-refractivity contribution is 6.18. The van der Waals surface area contributed by atoms with Gasteiger partial charge in [0.25, 0.3) is 5.91 Å². The molecule has 2 amide bonds. The van der Waals surface area contributed by atoms with E-state index in [2.05, 4.69) is 9.97 Å². The van der Waals surface area contributed by atoms with Gasteiger partial charge in [-0.2, -0.15) is 0 Å². The van der Waals surface area contributed by atoms with Crippen LogP contribution < -0.4 is 10.6 Å². The SMILES string of the molecule is CC(C)(C)OC(=O)N(C(=O)c1coc([C@H](N)CCc2ccccc2)n1)c1cnc2ccccc2c1. The smallest absolute Gasteiger partial charge is 0.422 e. The number of aromatic nitrogens is 2. The molecule has 2 N–H and O–H groups in total. The Kier molecular flexibility index (Phi) is 6.93. The van der Waals surface area contributed by atoms with Crippen LogP contribution in [0.1, 0.15) is 55.2 Å². The maximum atomic E-state index is 13.5. The van der Waals surface area contributed by atoms with Crippen molar-refractivity contribution in [2.45, 2.75) is 45.3 Å². The van der Waals surface area contributed by atoms with Crippen molar-refractivity contribution in [2.75, 3.05) is 4.90 Å². The van der Waals surface area contributed by atoms with Crippen molar-refractivity contribution in [3.05, 3.63) is 90.3 Å². The van der Waals surface area contributed by atoms with Crippen molar-refractivity contribution < 1.29 is 18.7 Å². The molecule has 180 valence electrons. The third-order valence-corrected chi connectivity index (χ3v) is 5.26. The van der Waals surface area contributed by atoms with Crippen LogP contribution >= 0.6 is 0 Å². The lowest BCUT2D eigenvalue weighted by atomic mass is 10.1. The van der Waals surface area contributed by atoms with E-state index in [1.54, 1.807) is 26.8 Å². The van der Waals surface area contributed by atoms with Gasteiger partial charge in [-0.25, -0.2) is 14.7 Å². The number of nitrogens with zero attached hydrogens (tertiary/aromatic N) is 3. The largest absolute Gasteiger partial charge is 0.446 e. The van der Waals surface area contributed by atoms with Crippen molar-refractivity contribution >= 4 is 28.6 Å². The van der Waals surface area contributed by atoms with E-state index in [4.69, 9.17) is 14.9 Å². The van der Waals surface area contributed by atoms with E-state index in [0.29, 0.717) is 6.42 Å². The topological polar surface area (TPSA) is 112 Å². The Morgan fingerprint density at radius 3 is 2.54 bits per heavy atom. The lowest BCUT2D eigenvalue weighted by Gasteiger charge is -2.25. The fourth-order valence-corrected chi connectivity index (χ4v) is 3.56. The number of amides is 2. The first kappa shape index (κ1) is 24.1. The first-order valence-corrected chi connectivity index (χ1v) is 11.4. The summed E-state index contributed by atoms with van der Waals surface area (Å²) in [6.45, 7) is 5.18. The van der Waals surface area contributed by atoms with Crippen LogP contribution in [0.3, 0.4) is 0 Å². The zero-order valence-corrected chi connectivity index (χ0v) is 20.0. The minimum atomic E-state index is -0.836. The van der Waals surface area contributed by atoms with Gasteiger partial charge in [0, 0.05) is 5.39 Å². The highest BCUT2D eigenvalue weighted by Gasteiger charge is 2.32. The first-order valence-electron chi connectivity index (χ1n) is 11.4. The van der Waals surface area contributed by atoms with Gasteiger partial charge in [-0.3, -0.25) is 9.78 Å². The maximum Gasteiger partial charge on any atom is 0.422 e. The summed E-state index contributed by atoms with van der Waals surface area (Å²) in [7, 11) is 0. The number of benzene rings is 2. The summed E-state index contributed by atoms with van der Waals surface area (Å²) in [4.78, 5) is 36.1. The van der Waals surface area contributed by atoms with Crippen LogP contribution in [0, 0.1) is 0 Å². The summed E-state index contributed by atoms with van der Waals surface area (Å²) in [5.74, 6) is -0.466. The Hall–Kier alpha value is -4.04. The van der Waals surface area contributed by atoms with Crippen molar-refractivity contribution in [1.82, 2.24) is 9.97 Å². The fourth-order valence-electron chi connectivity index (χ4n) is 3.56. The number of fused-ring (bicyclic) bond motifs is 1. The predicted molar refractivity (Wildman–Crippen MR) is 133 cm³/mol. The number of oxazole rings is 1. The van der Waals surface area contributed by atoms with Crippen LogP contribution in [-0.2, 0) is 11.2 Å². The molecule has 0 unspecified atom stereocenters. The third-order valence-electron chi connectivity index (χ3n) is 5.26.